The number of amides is 1. The van der Waals surface area contributed by atoms with Crippen LogP contribution in [0.15, 0.2) is 45.5 Å². The second-order valence-electron chi connectivity index (χ2n) is 5.23. The molecule has 0 saturated heterocycles. The van der Waals surface area contributed by atoms with Crippen LogP contribution in [0.4, 0.5) is 18.9 Å². The topological polar surface area (TPSA) is 81.2 Å². The monoisotopic (exact) mass is 385 g/mol. The molecule has 0 fully saturated rings. The summed E-state index contributed by atoms with van der Waals surface area (Å²) in [5.74, 6) is 0.317. The third-order valence-electron chi connectivity index (χ3n) is 3.34. The van der Waals surface area contributed by atoms with Crippen molar-refractivity contribution in [3.8, 4) is 11.6 Å². The van der Waals surface area contributed by atoms with Crippen LogP contribution in [-0.4, -0.2) is 16.0 Å². The van der Waals surface area contributed by atoms with Crippen molar-refractivity contribution in [2.24, 2.45) is 0 Å². The Bertz CT molecular complexity index is 907. The van der Waals surface area contributed by atoms with E-state index in [1.54, 1.807) is 12.1 Å². The van der Waals surface area contributed by atoms with E-state index in [-0.39, 0.29) is 35.3 Å². The summed E-state index contributed by atoms with van der Waals surface area (Å²) in [4.78, 5) is 16.0. The number of benzene rings is 1. The first-order chi connectivity index (χ1) is 12.3. The molecule has 1 amide bonds. The van der Waals surface area contributed by atoms with Gasteiger partial charge in [0.15, 0.2) is 5.76 Å². The zero-order valence-corrected chi connectivity index (χ0v) is 13.8. The van der Waals surface area contributed by atoms with Crippen LogP contribution < -0.4 is 5.32 Å². The van der Waals surface area contributed by atoms with Crippen LogP contribution in [0.5, 0.6) is 0 Å². The Kier molecular flexibility index (Phi) is 4.99. The van der Waals surface area contributed by atoms with E-state index in [1.165, 1.54) is 6.26 Å². The molecule has 2 aromatic heterocycles. The van der Waals surface area contributed by atoms with Crippen LogP contribution >= 0.6 is 11.6 Å². The lowest BCUT2D eigenvalue weighted by atomic mass is 10.2. The molecular formula is C16H11ClF3N3O3. The molecule has 0 saturated carbocycles. The van der Waals surface area contributed by atoms with E-state index in [9.17, 15) is 18.0 Å². The molecule has 26 heavy (non-hydrogen) atoms. The highest BCUT2D eigenvalue weighted by Gasteiger charge is 2.31. The third-order valence-corrected chi connectivity index (χ3v) is 3.67. The van der Waals surface area contributed by atoms with Gasteiger partial charge >= 0.3 is 6.18 Å². The molecule has 3 aromatic rings. The standard InChI is InChI=1S/C16H11ClF3N3O3/c17-10-4-3-9(16(18,19)20)8-11(10)21-13(24)5-6-14-22-15(23-26-14)12-2-1-7-25-12/h1-4,7-8H,5-6H2,(H,21,24). The van der Waals surface area contributed by atoms with E-state index in [1.807, 2.05) is 0 Å². The number of halogens is 4. The third kappa shape index (κ3) is 4.23. The highest BCUT2D eigenvalue weighted by molar-refractivity contribution is 6.33. The lowest BCUT2D eigenvalue weighted by molar-refractivity contribution is -0.137. The highest BCUT2D eigenvalue weighted by Crippen LogP contribution is 2.33. The Morgan fingerprint density at radius 2 is 2.08 bits per heavy atom. The molecule has 0 atom stereocenters. The molecule has 0 bridgehead atoms. The Morgan fingerprint density at radius 1 is 1.27 bits per heavy atom. The van der Waals surface area contributed by atoms with Crippen LogP contribution in [0.25, 0.3) is 11.6 Å². The fraction of sp³-hybridized carbons (Fsp3) is 0.188. The highest BCUT2D eigenvalue weighted by atomic mass is 35.5. The Labute approximate surface area is 149 Å². The molecule has 6 nitrogen and oxygen atoms in total. The molecule has 1 N–H and O–H groups in total. The van der Waals surface area contributed by atoms with E-state index in [0.29, 0.717) is 5.76 Å². The maximum Gasteiger partial charge on any atom is 0.416 e. The fourth-order valence-corrected chi connectivity index (χ4v) is 2.26. The molecule has 136 valence electrons. The van der Waals surface area contributed by atoms with Crippen LogP contribution in [0.2, 0.25) is 5.02 Å². The first kappa shape index (κ1) is 18.0. The molecule has 3 rings (SSSR count). The molecule has 10 heteroatoms. The predicted octanol–water partition coefficient (Wildman–Crippen LogP) is 4.57. The number of furan rings is 1. The molecule has 0 spiro atoms. The Balaban J connectivity index is 1.61. The van der Waals surface area contributed by atoms with Gasteiger partial charge in [0, 0.05) is 12.8 Å². The smallest absolute Gasteiger partial charge is 0.416 e. The number of nitrogens with zero attached hydrogens (tertiary/aromatic N) is 2. The number of hydrogen-bond acceptors (Lipinski definition) is 5. The normalized spacial score (nSPS) is 11.5. The van der Waals surface area contributed by atoms with Gasteiger partial charge in [0.1, 0.15) is 0 Å². The molecule has 2 heterocycles. The number of nitrogens with one attached hydrogen (secondary N) is 1. The van der Waals surface area contributed by atoms with Crippen molar-refractivity contribution in [1.82, 2.24) is 10.1 Å². The van der Waals surface area contributed by atoms with Crippen molar-refractivity contribution in [3.05, 3.63) is 53.1 Å². The van der Waals surface area contributed by atoms with Gasteiger partial charge in [-0.2, -0.15) is 18.2 Å². The molecular weight excluding hydrogens is 375 g/mol. The second-order valence-corrected chi connectivity index (χ2v) is 5.64. The fourth-order valence-electron chi connectivity index (χ4n) is 2.09. The minimum Gasteiger partial charge on any atom is -0.461 e. The molecule has 0 unspecified atom stereocenters. The number of hydrogen-bond donors (Lipinski definition) is 1. The van der Waals surface area contributed by atoms with Crippen molar-refractivity contribution in [1.29, 1.82) is 0 Å². The van der Waals surface area contributed by atoms with Crippen molar-refractivity contribution in [2.45, 2.75) is 19.0 Å². The van der Waals surface area contributed by atoms with E-state index < -0.39 is 17.6 Å². The SMILES string of the molecule is O=C(CCc1nc(-c2ccco2)no1)Nc1cc(C(F)(F)F)ccc1Cl. The van der Waals surface area contributed by atoms with Crippen molar-refractivity contribution >= 4 is 23.2 Å². The summed E-state index contributed by atoms with van der Waals surface area (Å²) < 4.78 is 48.3. The number of aromatic nitrogens is 2. The molecule has 1 aromatic carbocycles. The lowest BCUT2D eigenvalue weighted by Crippen LogP contribution is -2.14. The summed E-state index contributed by atoms with van der Waals surface area (Å²) in [7, 11) is 0. The van der Waals surface area contributed by atoms with E-state index >= 15 is 0 Å². The first-order valence-electron chi connectivity index (χ1n) is 7.36. The maximum absolute atomic E-state index is 12.7. The van der Waals surface area contributed by atoms with E-state index in [4.69, 9.17) is 20.5 Å². The molecule has 0 aliphatic carbocycles. The zero-order valence-electron chi connectivity index (χ0n) is 13.0. The first-order valence-corrected chi connectivity index (χ1v) is 7.74. The number of aryl methyl sites for hydroxylation is 1. The largest absolute Gasteiger partial charge is 0.461 e. The predicted molar refractivity (Wildman–Crippen MR) is 85.4 cm³/mol. The quantitative estimate of drug-likeness (QED) is 0.695. The van der Waals surface area contributed by atoms with Gasteiger partial charge in [-0.15, -0.1) is 0 Å². The Hall–Kier alpha value is -2.81. The van der Waals surface area contributed by atoms with Gasteiger partial charge in [0.2, 0.25) is 17.6 Å². The van der Waals surface area contributed by atoms with Gasteiger partial charge in [0.25, 0.3) is 0 Å². The number of alkyl halides is 3. The van der Waals surface area contributed by atoms with Gasteiger partial charge in [0.05, 0.1) is 22.5 Å². The van der Waals surface area contributed by atoms with Crippen molar-refractivity contribution in [2.75, 3.05) is 5.32 Å². The van der Waals surface area contributed by atoms with E-state index in [2.05, 4.69) is 15.5 Å². The molecule has 0 aliphatic rings. The summed E-state index contributed by atoms with van der Waals surface area (Å²) in [6.45, 7) is 0. The summed E-state index contributed by atoms with van der Waals surface area (Å²) >= 11 is 5.83. The van der Waals surface area contributed by atoms with Crippen LogP contribution in [-0.2, 0) is 17.4 Å². The van der Waals surface area contributed by atoms with Crippen LogP contribution in [0, 0.1) is 0 Å². The number of carbonyl (C=O) groups excluding carboxylic acids is 1. The lowest BCUT2D eigenvalue weighted by Gasteiger charge is -2.11. The average molecular weight is 386 g/mol. The Morgan fingerprint density at radius 3 is 2.77 bits per heavy atom. The van der Waals surface area contributed by atoms with Crippen molar-refractivity contribution in [3.63, 3.8) is 0 Å². The summed E-state index contributed by atoms with van der Waals surface area (Å²) in [6, 6.07) is 6.01. The maximum atomic E-state index is 12.7. The van der Waals surface area contributed by atoms with E-state index in [0.717, 1.165) is 18.2 Å². The van der Waals surface area contributed by atoms with Gasteiger partial charge < -0.3 is 14.3 Å². The number of carbonyl (C=O) groups is 1. The minimum atomic E-state index is -4.53. The van der Waals surface area contributed by atoms with Crippen LogP contribution in [0.1, 0.15) is 17.9 Å². The average Bonchev–Trinajstić information content (AvgIpc) is 3.25. The van der Waals surface area contributed by atoms with Gasteiger partial charge in [-0.1, -0.05) is 16.8 Å². The summed E-state index contributed by atoms with van der Waals surface area (Å²) in [5, 5.41) is 6.07. The molecule has 0 aliphatic heterocycles. The van der Waals surface area contributed by atoms with Gasteiger partial charge in [-0.25, -0.2) is 0 Å². The van der Waals surface area contributed by atoms with Gasteiger partial charge in [-0.3, -0.25) is 4.79 Å². The number of anilines is 1. The van der Waals surface area contributed by atoms with Gasteiger partial charge in [-0.05, 0) is 30.3 Å². The zero-order chi connectivity index (χ0) is 18.7. The molecule has 0 radical (unpaired) electrons. The van der Waals surface area contributed by atoms with Crippen LogP contribution in [0.3, 0.4) is 0 Å². The van der Waals surface area contributed by atoms with Crippen molar-refractivity contribution < 1.29 is 26.9 Å². The second kappa shape index (κ2) is 7.20. The number of rotatable bonds is 5. The summed E-state index contributed by atoms with van der Waals surface area (Å²) in [5.41, 5.74) is -1.02. The summed E-state index contributed by atoms with van der Waals surface area (Å²) in [6.07, 6.45) is -3.05. The minimum absolute atomic E-state index is 0.00393.